The standard InChI is InChI=1S/C9H17N3O2S2/c1-8(7-10-2)16(13,14)12-4-3-9-11-5-6-15-9/h5-6,8,10,12H,3-4,7H2,1-2H3. The van der Waals surface area contributed by atoms with E-state index in [9.17, 15) is 8.42 Å². The van der Waals surface area contributed by atoms with Crippen molar-refractivity contribution in [2.45, 2.75) is 18.6 Å². The highest BCUT2D eigenvalue weighted by Gasteiger charge is 2.18. The van der Waals surface area contributed by atoms with E-state index in [1.54, 1.807) is 20.2 Å². The monoisotopic (exact) mass is 263 g/mol. The second kappa shape index (κ2) is 6.29. The fourth-order valence-corrected chi connectivity index (χ4v) is 2.89. The zero-order chi connectivity index (χ0) is 12.0. The molecule has 0 saturated heterocycles. The van der Waals surface area contributed by atoms with Crippen molar-refractivity contribution in [1.29, 1.82) is 0 Å². The van der Waals surface area contributed by atoms with Crippen molar-refractivity contribution in [3.63, 3.8) is 0 Å². The van der Waals surface area contributed by atoms with E-state index in [4.69, 9.17) is 0 Å². The van der Waals surface area contributed by atoms with E-state index in [-0.39, 0.29) is 0 Å². The van der Waals surface area contributed by atoms with Crippen LogP contribution in [-0.4, -0.2) is 38.8 Å². The molecule has 1 heterocycles. The van der Waals surface area contributed by atoms with Crippen LogP contribution in [0.25, 0.3) is 0 Å². The van der Waals surface area contributed by atoms with Crippen molar-refractivity contribution < 1.29 is 8.42 Å². The van der Waals surface area contributed by atoms with E-state index in [1.807, 2.05) is 5.38 Å². The number of hydrogen-bond donors (Lipinski definition) is 2. The fourth-order valence-electron chi connectivity index (χ4n) is 1.22. The predicted octanol–water partition coefficient (Wildman–Crippen LogP) is 0.213. The van der Waals surface area contributed by atoms with Crippen LogP contribution in [-0.2, 0) is 16.4 Å². The Hall–Kier alpha value is -0.500. The fraction of sp³-hybridized carbons (Fsp3) is 0.667. The van der Waals surface area contributed by atoms with E-state index in [0.29, 0.717) is 19.5 Å². The third kappa shape index (κ3) is 4.17. The number of thiazole rings is 1. The van der Waals surface area contributed by atoms with Crippen LogP contribution < -0.4 is 10.0 Å². The molecule has 0 aliphatic heterocycles. The number of sulfonamides is 1. The Morgan fingerprint density at radius 2 is 2.31 bits per heavy atom. The molecule has 0 aromatic carbocycles. The van der Waals surface area contributed by atoms with E-state index >= 15 is 0 Å². The van der Waals surface area contributed by atoms with Gasteiger partial charge in [0.2, 0.25) is 10.0 Å². The largest absolute Gasteiger partial charge is 0.318 e. The lowest BCUT2D eigenvalue weighted by atomic mass is 10.5. The molecule has 92 valence electrons. The lowest BCUT2D eigenvalue weighted by Gasteiger charge is -2.12. The minimum absolute atomic E-state index is 0.407. The molecule has 1 aromatic rings. The Balaban J connectivity index is 2.36. The van der Waals surface area contributed by atoms with Crippen molar-refractivity contribution in [2.75, 3.05) is 20.1 Å². The van der Waals surface area contributed by atoms with Crippen molar-refractivity contribution in [2.24, 2.45) is 0 Å². The normalized spacial score (nSPS) is 13.9. The molecule has 0 aliphatic rings. The molecule has 16 heavy (non-hydrogen) atoms. The minimum atomic E-state index is -3.21. The van der Waals surface area contributed by atoms with E-state index in [2.05, 4.69) is 15.0 Å². The molecule has 1 aromatic heterocycles. The second-order valence-electron chi connectivity index (χ2n) is 3.48. The molecule has 7 heteroatoms. The van der Waals surface area contributed by atoms with Gasteiger partial charge in [-0.05, 0) is 14.0 Å². The van der Waals surface area contributed by atoms with Crippen LogP contribution in [0.4, 0.5) is 0 Å². The van der Waals surface area contributed by atoms with Crippen LogP contribution in [0.15, 0.2) is 11.6 Å². The van der Waals surface area contributed by atoms with Gasteiger partial charge in [0, 0.05) is 31.1 Å². The third-order valence-electron chi connectivity index (χ3n) is 2.15. The van der Waals surface area contributed by atoms with Crippen LogP contribution >= 0.6 is 11.3 Å². The summed E-state index contributed by atoms with van der Waals surface area (Å²) in [6.07, 6.45) is 2.36. The average Bonchev–Trinajstić information content (AvgIpc) is 2.70. The molecule has 1 rings (SSSR count). The van der Waals surface area contributed by atoms with Gasteiger partial charge in [0.05, 0.1) is 10.3 Å². The van der Waals surface area contributed by atoms with Gasteiger partial charge in [-0.2, -0.15) is 0 Å². The van der Waals surface area contributed by atoms with Gasteiger partial charge in [-0.25, -0.2) is 18.1 Å². The molecule has 0 spiro atoms. The first-order chi connectivity index (χ1) is 7.56. The molecule has 0 radical (unpaired) electrons. The molecule has 1 atom stereocenters. The highest BCUT2D eigenvalue weighted by molar-refractivity contribution is 7.90. The summed E-state index contributed by atoms with van der Waals surface area (Å²) in [5, 5.41) is 5.26. The van der Waals surface area contributed by atoms with Crippen LogP contribution in [0, 0.1) is 0 Å². The van der Waals surface area contributed by atoms with Gasteiger partial charge in [-0.15, -0.1) is 11.3 Å². The number of hydrogen-bond acceptors (Lipinski definition) is 5. The van der Waals surface area contributed by atoms with E-state index < -0.39 is 15.3 Å². The molecular formula is C9H17N3O2S2. The predicted molar refractivity (Wildman–Crippen MR) is 66.1 cm³/mol. The lowest BCUT2D eigenvalue weighted by molar-refractivity contribution is 0.563. The first-order valence-corrected chi connectivity index (χ1v) is 7.50. The molecular weight excluding hydrogens is 246 g/mol. The smallest absolute Gasteiger partial charge is 0.215 e. The maximum atomic E-state index is 11.7. The molecule has 0 bridgehead atoms. The number of aromatic nitrogens is 1. The molecule has 0 saturated carbocycles. The summed E-state index contributed by atoms with van der Waals surface area (Å²) in [7, 11) is -1.47. The Kier molecular flexibility index (Phi) is 5.33. The van der Waals surface area contributed by atoms with E-state index in [0.717, 1.165) is 5.01 Å². The highest BCUT2D eigenvalue weighted by Crippen LogP contribution is 2.04. The molecule has 1 unspecified atom stereocenters. The Morgan fingerprint density at radius 1 is 1.56 bits per heavy atom. The topological polar surface area (TPSA) is 71.1 Å². The van der Waals surface area contributed by atoms with Gasteiger partial charge >= 0.3 is 0 Å². The summed E-state index contributed by atoms with van der Waals surface area (Å²) in [5.74, 6) is 0. The average molecular weight is 263 g/mol. The van der Waals surface area contributed by atoms with Crippen molar-refractivity contribution in [3.05, 3.63) is 16.6 Å². The van der Waals surface area contributed by atoms with Crippen LogP contribution in [0.2, 0.25) is 0 Å². The maximum absolute atomic E-state index is 11.7. The summed E-state index contributed by atoms with van der Waals surface area (Å²) in [4.78, 5) is 4.09. The summed E-state index contributed by atoms with van der Waals surface area (Å²) in [6.45, 7) is 2.54. The Labute approximate surface area is 100 Å². The summed E-state index contributed by atoms with van der Waals surface area (Å²) in [5.41, 5.74) is 0. The summed E-state index contributed by atoms with van der Waals surface area (Å²) >= 11 is 1.53. The first kappa shape index (κ1) is 13.6. The Bertz CT molecular complexity index is 389. The zero-order valence-electron chi connectivity index (χ0n) is 9.43. The zero-order valence-corrected chi connectivity index (χ0v) is 11.1. The molecule has 2 N–H and O–H groups in total. The number of rotatable bonds is 7. The molecule has 0 amide bonds. The molecule has 5 nitrogen and oxygen atoms in total. The number of nitrogens with zero attached hydrogens (tertiary/aromatic N) is 1. The van der Waals surface area contributed by atoms with Crippen molar-refractivity contribution in [1.82, 2.24) is 15.0 Å². The molecule has 0 aliphatic carbocycles. The number of nitrogens with one attached hydrogen (secondary N) is 2. The third-order valence-corrected chi connectivity index (χ3v) is 4.82. The second-order valence-corrected chi connectivity index (χ2v) is 6.65. The van der Waals surface area contributed by atoms with Crippen LogP contribution in [0.3, 0.4) is 0 Å². The minimum Gasteiger partial charge on any atom is -0.318 e. The first-order valence-electron chi connectivity index (χ1n) is 5.07. The van der Waals surface area contributed by atoms with Gasteiger partial charge in [0.25, 0.3) is 0 Å². The van der Waals surface area contributed by atoms with Crippen LogP contribution in [0.5, 0.6) is 0 Å². The van der Waals surface area contributed by atoms with Gasteiger partial charge in [0.15, 0.2) is 0 Å². The van der Waals surface area contributed by atoms with Crippen LogP contribution in [0.1, 0.15) is 11.9 Å². The van der Waals surface area contributed by atoms with E-state index in [1.165, 1.54) is 11.3 Å². The lowest BCUT2D eigenvalue weighted by Crippen LogP contribution is -2.38. The van der Waals surface area contributed by atoms with Gasteiger partial charge < -0.3 is 5.32 Å². The van der Waals surface area contributed by atoms with Crippen molar-refractivity contribution >= 4 is 21.4 Å². The highest BCUT2D eigenvalue weighted by atomic mass is 32.2. The Morgan fingerprint density at radius 3 is 2.88 bits per heavy atom. The summed E-state index contributed by atoms with van der Waals surface area (Å²) < 4.78 is 25.9. The van der Waals surface area contributed by atoms with Crippen molar-refractivity contribution in [3.8, 4) is 0 Å². The quantitative estimate of drug-likeness (QED) is 0.738. The van der Waals surface area contributed by atoms with Gasteiger partial charge in [-0.3, -0.25) is 0 Å². The SMILES string of the molecule is CNCC(C)S(=O)(=O)NCCc1nccs1. The maximum Gasteiger partial charge on any atom is 0.215 e. The van der Waals surface area contributed by atoms with Gasteiger partial charge in [0.1, 0.15) is 0 Å². The molecule has 0 fully saturated rings. The summed E-state index contributed by atoms with van der Waals surface area (Å²) in [6, 6.07) is 0. The van der Waals surface area contributed by atoms with Gasteiger partial charge in [-0.1, -0.05) is 0 Å².